The summed E-state index contributed by atoms with van der Waals surface area (Å²) in [6, 6.07) is 7.40. The summed E-state index contributed by atoms with van der Waals surface area (Å²) in [4.78, 5) is 12.3. The Hall–Kier alpha value is -2.12. The molecule has 1 aromatic carbocycles. The van der Waals surface area contributed by atoms with E-state index in [1.54, 1.807) is 6.92 Å². The Morgan fingerprint density at radius 1 is 1.19 bits per heavy atom. The van der Waals surface area contributed by atoms with Gasteiger partial charge in [-0.3, -0.25) is 0 Å². The van der Waals surface area contributed by atoms with Crippen molar-refractivity contribution >= 4 is 16.0 Å². The van der Waals surface area contributed by atoms with Crippen LogP contribution in [-0.2, 0) is 33.4 Å². The van der Waals surface area contributed by atoms with Crippen molar-refractivity contribution in [3.63, 3.8) is 0 Å². The highest BCUT2D eigenvalue weighted by atomic mass is 32.2. The summed E-state index contributed by atoms with van der Waals surface area (Å²) in [5.41, 5.74) is 4.51. The molecule has 0 amide bonds. The normalized spacial score (nSPS) is 14.1. The van der Waals surface area contributed by atoms with Gasteiger partial charge >= 0.3 is 5.97 Å². The number of esters is 1. The summed E-state index contributed by atoms with van der Waals surface area (Å²) < 4.78 is 32.9. The van der Waals surface area contributed by atoms with Crippen molar-refractivity contribution in [2.75, 3.05) is 13.7 Å². The van der Waals surface area contributed by atoms with Crippen LogP contribution in [0.25, 0.3) is 5.69 Å². The van der Waals surface area contributed by atoms with E-state index in [0.717, 1.165) is 48.2 Å². The minimum Gasteiger partial charge on any atom is -0.462 e. The molecule has 1 aliphatic carbocycles. The number of hydrogen-bond acceptors (Lipinski definition) is 4. The number of carbonyl (C=O) groups excluding carboxylic acids is 1. The molecule has 26 heavy (non-hydrogen) atoms. The van der Waals surface area contributed by atoms with Crippen molar-refractivity contribution in [2.24, 2.45) is 0 Å². The van der Waals surface area contributed by atoms with Crippen LogP contribution in [0, 0.1) is 0 Å². The van der Waals surface area contributed by atoms with Crippen molar-refractivity contribution < 1.29 is 17.9 Å². The highest BCUT2D eigenvalue weighted by molar-refractivity contribution is 7.88. The molecule has 0 aliphatic heterocycles. The molecule has 1 heterocycles. The molecule has 7 heteroatoms. The lowest BCUT2D eigenvalue weighted by Crippen LogP contribution is -2.20. The average molecular weight is 376 g/mol. The minimum absolute atomic E-state index is 0.0539. The molecule has 0 radical (unpaired) electrons. The van der Waals surface area contributed by atoms with E-state index in [2.05, 4.69) is 4.72 Å². The van der Waals surface area contributed by atoms with Gasteiger partial charge in [-0.15, -0.1) is 0 Å². The molecule has 140 valence electrons. The standard InChI is InChI=1S/C19H24N2O4S/c1-3-25-19(22)17-12-21(18-7-5-4-6-16(17)18)15-10-8-14(9-11-15)13-26(23,24)20-2/h8-12,20H,3-7,13H2,1-2H3. The third-order valence-corrected chi connectivity index (χ3v) is 6.03. The van der Waals surface area contributed by atoms with Crippen molar-refractivity contribution in [1.82, 2.24) is 9.29 Å². The summed E-state index contributed by atoms with van der Waals surface area (Å²) >= 11 is 0. The van der Waals surface area contributed by atoms with Crippen molar-refractivity contribution in [1.29, 1.82) is 0 Å². The van der Waals surface area contributed by atoms with Crippen LogP contribution in [0.3, 0.4) is 0 Å². The van der Waals surface area contributed by atoms with Crippen LogP contribution in [0.15, 0.2) is 30.5 Å². The number of nitrogens with one attached hydrogen (secondary N) is 1. The monoisotopic (exact) mass is 376 g/mol. The molecule has 0 atom stereocenters. The van der Waals surface area contributed by atoms with Gasteiger partial charge in [-0.1, -0.05) is 12.1 Å². The van der Waals surface area contributed by atoms with Crippen molar-refractivity contribution in [3.8, 4) is 5.69 Å². The number of fused-ring (bicyclic) bond motifs is 1. The van der Waals surface area contributed by atoms with Gasteiger partial charge in [-0.05, 0) is 62.9 Å². The fourth-order valence-corrected chi connectivity index (χ4v) is 4.17. The largest absolute Gasteiger partial charge is 0.462 e. The quantitative estimate of drug-likeness (QED) is 0.786. The number of ether oxygens (including phenoxy) is 1. The Balaban J connectivity index is 1.95. The highest BCUT2D eigenvalue weighted by Crippen LogP contribution is 2.29. The van der Waals surface area contributed by atoms with Crippen LogP contribution in [0.5, 0.6) is 0 Å². The number of aromatic nitrogens is 1. The predicted octanol–water partition coefficient (Wildman–Crippen LogP) is 2.58. The first kappa shape index (κ1) is 18.7. The molecular formula is C19H24N2O4S. The van der Waals surface area contributed by atoms with Crippen LogP contribution < -0.4 is 4.72 Å². The van der Waals surface area contributed by atoms with Gasteiger partial charge in [0.15, 0.2) is 0 Å². The Kier molecular flexibility index (Phi) is 5.48. The van der Waals surface area contributed by atoms with Crippen LogP contribution in [-0.4, -0.2) is 32.6 Å². The minimum atomic E-state index is -3.30. The Morgan fingerprint density at radius 2 is 1.88 bits per heavy atom. The van der Waals surface area contributed by atoms with Crippen molar-refractivity contribution in [3.05, 3.63) is 52.8 Å². The third kappa shape index (κ3) is 3.83. The van der Waals surface area contributed by atoms with Gasteiger partial charge in [0.05, 0.1) is 17.9 Å². The van der Waals surface area contributed by atoms with E-state index in [1.807, 2.05) is 35.0 Å². The summed E-state index contributed by atoms with van der Waals surface area (Å²) in [6.07, 6.45) is 5.83. The zero-order valence-electron chi connectivity index (χ0n) is 15.1. The Morgan fingerprint density at radius 3 is 2.54 bits per heavy atom. The van der Waals surface area contributed by atoms with Crippen LogP contribution in [0.1, 0.15) is 46.9 Å². The zero-order chi connectivity index (χ0) is 18.7. The second-order valence-electron chi connectivity index (χ2n) is 6.40. The maximum Gasteiger partial charge on any atom is 0.339 e. The molecule has 0 fully saturated rings. The molecule has 1 aromatic heterocycles. The molecule has 0 spiro atoms. The van der Waals surface area contributed by atoms with Crippen LogP contribution in [0.2, 0.25) is 0 Å². The van der Waals surface area contributed by atoms with Gasteiger partial charge in [-0.2, -0.15) is 0 Å². The van der Waals surface area contributed by atoms with E-state index in [0.29, 0.717) is 12.2 Å². The zero-order valence-corrected chi connectivity index (χ0v) is 15.9. The molecule has 0 saturated carbocycles. The lowest BCUT2D eigenvalue weighted by molar-refractivity contribution is 0.0525. The van der Waals surface area contributed by atoms with Gasteiger partial charge in [0.2, 0.25) is 10.0 Å². The first-order valence-corrected chi connectivity index (χ1v) is 10.5. The maximum absolute atomic E-state index is 12.3. The Bertz CT molecular complexity index is 898. The second-order valence-corrected chi connectivity index (χ2v) is 8.32. The van der Waals surface area contributed by atoms with Crippen molar-refractivity contribution in [2.45, 2.75) is 38.4 Å². The molecule has 2 aromatic rings. The van der Waals surface area contributed by atoms with E-state index < -0.39 is 10.0 Å². The molecule has 6 nitrogen and oxygen atoms in total. The van der Waals surface area contributed by atoms with E-state index in [4.69, 9.17) is 4.74 Å². The van der Waals surface area contributed by atoms with Gasteiger partial charge in [0.25, 0.3) is 0 Å². The van der Waals surface area contributed by atoms with E-state index >= 15 is 0 Å². The third-order valence-electron chi connectivity index (χ3n) is 4.69. The molecular weight excluding hydrogens is 352 g/mol. The number of benzene rings is 1. The lowest BCUT2D eigenvalue weighted by Gasteiger charge is -2.16. The number of rotatable bonds is 6. The van der Waals surface area contributed by atoms with Gasteiger partial charge in [-0.25, -0.2) is 17.9 Å². The molecule has 1 aliphatic rings. The first-order chi connectivity index (χ1) is 12.4. The van der Waals surface area contributed by atoms with Gasteiger partial charge < -0.3 is 9.30 Å². The van der Waals surface area contributed by atoms with E-state index in [9.17, 15) is 13.2 Å². The fourth-order valence-electron chi connectivity index (χ4n) is 3.39. The molecule has 3 rings (SSSR count). The average Bonchev–Trinajstić information content (AvgIpc) is 3.02. The van der Waals surface area contributed by atoms with E-state index in [-0.39, 0.29) is 11.7 Å². The van der Waals surface area contributed by atoms with Gasteiger partial charge in [0.1, 0.15) is 0 Å². The highest BCUT2D eigenvalue weighted by Gasteiger charge is 2.24. The lowest BCUT2D eigenvalue weighted by atomic mass is 9.95. The summed E-state index contributed by atoms with van der Waals surface area (Å²) in [5.74, 6) is -0.331. The summed E-state index contributed by atoms with van der Waals surface area (Å²) in [7, 11) is -1.89. The topological polar surface area (TPSA) is 77.4 Å². The smallest absolute Gasteiger partial charge is 0.339 e. The summed E-state index contributed by atoms with van der Waals surface area (Å²) in [6.45, 7) is 2.16. The summed E-state index contributed by atoms with van der Waals surface area (Å²) in [5, 5.41) is 0. The maximum atomic E-state index is 12.3. The molecule has 1 N–H and O–H groups in total. The Labute approximate surface area is 154 Å². The number of hydrogen-bond donors (Lipinski definition) is 1. The van der Waals surface area contributed by atoms with Crippen LogP contribution >= 0.6 is 0 Å². The first-order valence-electron chi connectivity index (χ1n) is 8.86. The molecule has 0 unspecified atom stereocenters. The predicted molar refractivity (Wildman–Crippen MR) is 100 cm³/mol. The molecule has 0 saturated heterocycles. The molecule has 0 bridgehead atoms. The SMILES string of the molecule is CCOC(=O)c1cn(-c2ccc(CS(=O)(=O)NC)cc2)c2c1CCCC2. The number of nitrogens with zero attached hydrogens (tertiary/aromatic N) is 1. The number of carbonyl (C=O) groups is 1. The fraction of sp³-hybridized carbons (Fsp3) is 0.421. The number of sulfonamides is 1. The second kappa shape index (κ2) is 7.63. The van der Waals surface area contributed by atoms with Crippen LogP contribution in [0.4, 0.5) is 0 Å². The van der Waals surface area contributed by atoms with E-state index in [1.165, 1.54) is 7.05 Å². The van der Waals surface area contributed by atoms with Gasteiger partial charge in [0, 0.05) is 17.6 Å².